The minimum atomic E-state index is -4.45. The van der Waals surface area contributed by atoms with Crippen LogP contribution in [-0.4, -0.2) is 29.7 Å². The highest BCUT2D eigenvalue weighted by Gasteiger charge is 2.30. The predicted molar refractivity (Wildman–Crippen MR) is 70.7 cm³/mol. The molecule has 0 unspecified atom stereocenters. The molecule has 0 bridgehead atoms. The Morgan fingerprint density at radius 3 is 2.33 bits per heavy atom. The predicted octanol–water partition coefficient (Wildman–Crippen LogP) is 2.42. The molecular weight excluding hydrogens is 289 g/mol. The molecule has 1 aromatic rings. The number of hydrogen-bond acceptors (Lipinski definition) is 3. The molecule has 0 aliphatic carbocycles. The van der Waals surface area contributed by atoms with Gasteiger partial charge in [-0.3, -0.25) is 9.59 Å². The van der Waals surface area contributed by atoms with E-state index in [-0.39, 0.29) is 24.3 Å². The van der Waals surface area contributed by atoms with Gasteiger partial charge in [-0.2, -0.15) is 13.2 Å². The van der Waals surface area contributed by atoms with Crippen molar-refractivity contribution < 1.29 is 27.9 Å². The number of anilines is 2. The number of rotatable bonds is 6. The number of amides is 1. The fraction of sp³-hybridized carbons (Fsp3) is 0.385. The van der Waals surface area contributed by atoms with Crippen molar-refractivity contribution in [3.05, 3.63) is 24.3 Å². The van der Waals surface area contributed by atoms with Gasteiger partial charge in [0, 0.05) is 13.0 Å². The third kappa shape index (κ3) is 5.72. The van der Waals surface area contributed by atoms with E-state index in [0.29, 0.717) is 0 Å². The molecule has 116 valence electrons. The van der Waals surface area contributed by atoms with E-state index < -0.39 is 30.9 Å². The molecule has 1 rings (SSSR count). The van der Waals surface area contributed by atoms with E-state index in [2.05, 4.69) is 0 Å². The van der Waals surface area contributed by atoms with Crippen LogP contribution in [0.3, 0.4) is 0 Å². The molecule has 0 aliphatic rings. The number of carboxylic acids is 1. The van der Waals surface area contributed by atoms with E-state index >= 15 is 0 Å². The van der Waals surface area contributed by atoms with Gasteiger partial charge in [-0.25, -0.2) is 0 Å². The van der Waals surface area contributed by atoms with Gasteiger partial charge in [-0.15, -0.1) is 0 Å². The van der Waals surface area contributed by atoms with Crippen LogP contribution in [0.25, 0.3) is 0 Å². The summed E-state index contributed by atoms with van der Waals surface area (Å²) in [7, 11) is 0. The minimum Gasteiger partial charge on any atom is -0.481 e. The molecule has 0 aromatic heterocycles. The van der Waals surface area contributed by atoms with Crippen molar-refractivity contribution in [1.29, 1.82) is 0 Å². The average molecular weight is 304 g/mol. The maximum absolute atomic E-state index is 12.2. The monoisotopic (exact) mass is 304 g/mol. The van der Waals surface area contributed by atoms with Crippen LogP contribution < -0.4 is 10.6 Å². The first kappa shape index (κ1) is 16.8. The van der Waals surface area contributed by atoms with Crippen LogP contribution in [0.4, 0.5) is 24.5 Å². The van der Waals surface area contributed by atoms with E-state index in [1.165, 1.54) is 12.1 Å². The van der Waals surface area contributed by atoms with Gasteiger partial charge in [0.15, 0.2) is 0 Å². The largest absolute Gasteiger partial charge is 0.481 e. The number of halogens is 3. The smallest absolute Gasteiger partial charge is 0.389 e. The maximum Gasteiger partial charge on any atom is 0.389 e. The summed E-state index contributed by atoms with van der Waals surface area (Å²) < 4.78 is 36.6. The highest BCUT2D eigenvalue weighted by atomic mass is 19.4. The molecule has 0 aliphatic heterocycles. The van der Waals surface area contributed by atoms with Crippen LogP contribution in [0.15, 0.2) is 24.3 Å². The van der Waals surface area contributed by atoms with Crippen LogP contribution in [0, 0.1) is 0 Å². The number of nitrogen functional groups attached to an aromatic ring is 1. The number of alkyl halides is 3. The Labute approximate surface area is 119 Å². The quantitative estimate of drug-likeness (QED) is 0.791. The van der Waals surface area contributed by atoms with Crippen LogP contribution in [-0.2, 0) is 9.59 Å². The number of carbonyl (C=O) groups excluding carboxylic acids is 1. The van der Waals surface area contributed by atoms with Gasteiger partial charge in [-0.1, -0.05) is 12.1 Å². The Morgan fingerprint density at radius 1 is 1.19 bits per heavy atom. The lowest BCUT2D eigenvalue weighted by Crippen LogP contribution is -2.34. The Kier molecular flexibility index (Phi) is 5.57. The second-order valence-corrected chi connectivity index (χ2v) is 4.36. The summed E-state index contributed by atoms with van der Waals surface area (Å²) in [4.78, 5) is 23.5. The van der Waals surface area contributed by atoms with Gasteiger partial charge < -0.3 is 15.7 Å². The van der Waals surface area contributed by atoms with Crippen molar-refractivity contribution in [2.45, 2.75) is 25.4 Å². The lowest BCUT2D eigenvalue weighted by atomic mass is 10.2. The Balaban J connectivity index is 2.89. The first-order valence-electron chi connectivity index (χ1n) is 6.14. The lowest BCUT2D eigenvalue weighted by molar-refractivity contribution is -0.143. The van der Waals surface area contributed by atoms with Gasteiger partial charge in [-0.05, 0) is 12.1 Å². The summed E-state index contributed by atoms with van der Waals surface area (Å²) in [6.45, 7) is -0.236. The molecule has 8 heteroatoms. The first-order chi connectivity index (χ1) is 9.70. The number of carbonyl (C=O) groups is 2. The number of nitrogens with two attached hydrogens (primary N) is 1. The average Bonchev–Trinajstić information content (AvgIpc) is 2.37. The zero-order valence-corrected chi connectivity index (χ0v) is 11.1. The molecule has 0 saturated carbocycles. The number of para-hydroxylation sites is 2. The first-order valence-corrected chi connectivity index (χ1v) is 6.14. The second-order valence-electron chi connectivity index (χ2n) is 4.36. The van der Waals surface area contributed by atoms with Gasteiger partial charge in [0.25, 0.3) is 0 Å². The van der Waals surface area contributed by atoms with E-state index in [1.54, 1.807) is 12.1 Å². The molecule has 5 nitrogen and oxygen atoms in total. The van der Waals surface area contributed by atoms with Crippen LogP contribution in [0.2, 0.25) is 0 Å². The van der Waals surface area contributed by atoms with Gasteiger partial charge in [0.2, 0.25) is 5.91 Å². The Morgan fingerprint density at radius 2 is 1.81 bits per heavy atom. The molecule has 1 aromatic carbocycles. The fourth-order valence-electron chi connectivity index (χ4n) is 1.70. The third-order valence-corrected chi connectivity index (χ3v) is 2.70. The molecule has 0 radical (unpaired) electrons. The topological polar surface area (TPSA) is 83.6 Å². The van der Waals surface area contributed by atoms with Crippen molar-refractivity contribution >= 4 is 23.3 Å². The number of aliphatic carboxylic acids is 1. The zero-order chi connectivity index (χ0) is 16.0. The molecule has 0 saturated heterocycles. The molecule has 21 heavy (non-hydrogen) atoms. The summed E-state index contributed by atoms with van der Waals surface area (Å²) >= 11 is 0. The molecule has 1 amide bonds. The van der Waals surface area contributed by atoms with Gasteiger partial charge in [0.1, 0.15) is 0 Å². The van der Waals surface area contributed by atoms with Crippen molar-refractivity contribution in [3.63, 3.8) is 0 Å². The summed E-state index contributed by atoms with van der Waals surface area (Å²) in [5, 5.41) is 8.67. The van der Waals surface area contributed by atoms with E-state index in [0.717, 1.165) is 4.90 Å². The zero-order valence-electron chi connectivity index (χ0n) is 11.1. The van der Waals surface area contributed by atoms with E-state index in [1.807, 2.05) is 0 Å². The van der Waals surface area contributed by atoms with Crippen LogP contribution in [0.1, 0.15) is 19.3 Å². The Hall–Kier alpha value is -2.25. The van der Waals surface area contributed by atoms with Crippen molar-refractivity contribution in [2.24, 2.45) is 0 Å². The summed E-state index contributed by atoms with van der Waals surface area (Å²) in [5.41, 5.74) is 6.10. The van der Waals surface area contributed by atoms with E-state index in [9.17, 15) is 22.8 Å². The third-order valence-electron chi connectivity index (χ3n) is 2.70. The molecule has 0 heterocycles. The van der Waals surface area contributed by atoms with Gasteiger partial charge >= 0.3 is 12.1 Å². The number of carboxylic acid groups (broad SMARTS) is 1. The SMILES string of the molecule is Nc1ccccc1N(CCC(=O)O)C(=O)CCC(F)(F)F. The van der Waals surface area contributed by atoms with E-state index in [4.69, 9.17) is 10.8 Å². The fourth-order valence-corrected chi connectivity index (χ4v) is 1.70. The molecular formula is C13H15F3N2O3. The standard InChI is InChI=1S/C13H15F3N2O3/c14-13(15,16)7-5-11(19)18(8-6-12(20)21)10-4-2-1-3-9(10)17/h1-4H,5-8,17H2,(H,20,21). The number of hydrogen-bond donors (Lipinski definition) is 2. The molecule has 0 fully saturated rings. The van der Waals surface area contributed by atoms with Crippen molar-refractivity contribution in [2.75, 3.05) is 17.2 Å². The number of benzene rings is 1. The van der Waals surface area contributed by atoms with Crippen molar-refractivity contribution in [3.8, 4) is 0 Å². The minimum absolute atomic E-state index is 0.197. The maximum atomic E-state index is 12.2. The van der Waals surface area contributed by atoms with Crippen molar-refractivity contribution in [1.82, 2.24) is 0 Å². The van der Waals surface area contributed by atoms with Crippen LogP contribution in [0.5, 0.6) is 0 Å². The van der Waals surface area contributed by atoms with Crippen LogP contribution >= 0.6 is 0 Å². The highest BCUT2D eigenvalue weighted by Crippen LogP contribution is 2.26. The molecule has 0 atom stereocenters. The summed E-state index contributed by atoms with van der Waals surface area (Å²) in [6.07, 6.45) is -6.85. The highest BCUT2D eigenvalue weighted by molar-refractivity contribution is 5.96. The summed E-state index contributed by atoms with van der Waals surface area (Å²) in [5.74, 6) is -1.97. The summed E-state index contributed by atoms with van der Waals surface area (Å²) in [6, 6.07) is 6.12. The van der Waals surface area contributed by atoms with Gasteiger partial charge in [0.05, 0.1) is 24.2 Å². The lowest BCUT2D eigenvalue weighted by Gasteiger charge is -2.24. The molecule has 0 spiro atoms. The Bertz CT molecular complexity index is 518. The normalized spacial score (nSPS) is 11.2. The number of nitrogens with zero attached hydrogens (tertiary/aromatic N) is 1. The second kappa shape index (κ2) is 6.96. The molecule has 3 N–H and O–H groups in total.